The van der Waals surface area contributed by atoms with Crippen LogP contribution in [-0.4, -0.2) is 60.2 Å². The van der Waals surface area contributed by atoms with Crippen LogP contribution < -0.4 is 0 Å². The standard InChI is InChI=1S/C15H27NO3/c1-12-8-16(10-14(11-17)18-12)9-13-4-7-15(19-13)5-2-3-6-15/h12-14,17H,2-11H2,1H3. The summed E-state index contributed by atoms with van der Waals surface area (Å²) in [5.74, 6) is 0. The zero-order valence-electron chi connectivity index (χ0n) is 12.0. The highest BCUT2D eigenvalue weighted by Crippen LogP contribution is 2.43. The van der Waals surface area contributed by atoms with Gasteiger partial charge in [-0.1, -0.05) is 12.8 Å². The molecule has 1 N–H and O–H groups in total. The van der Waals surface area contributed by atoms with E-state index in [2.05, 4.69) is 11.8 Å². The van der Waals surface area contributed by atoms with Crippen LogP contribution in [0.25, 0.3) is 0 Å². The van der Waals surface area contributed by atoms with Crippen molar-refractivity contribution in [2.45, 2.75) is 69.4 Å². The van der Waals surface area contributed by atoms with E-state index in [9.17, 15) is 5.11 Å². The summed E-state index contributed by atoms with van der Waals surface area (Å²) in [6, 6.07) is 0. The molecule has 3 atom stereocenters. The van der Waals surface area contributed by atoms with Crippen molar-refractivity contribution in [2.75, 3.05) is 26.2 Å². The normalized spacial score (nSPS) is 39.2. The molecule has 19 heavy (non-hydrogen) atoms. The molecule has 3 fully saturated rings. The minimum absolute atomic E-state index is 0.0226. The first-order valence-electron chi connectivity index (χ1n) is 7.86. The summed E-state index contributed by atoms with van der Waals surface area (Å²) in [4.78, 5) is 2.41. The summed E-state index contributed by atoms with van der Waals surface area (Å²) in [5, 5.41) is 9.27. The van der Waals surface area contributed by atoms with Gasteiger partial charge in [-0.05, 0) is 32.6 Å². The van der Waals surface area contributed by atoms with Gasteiger partial charge in [0, 0.05) is 19.6 Å². The van der Waals surface area contributed by atoms with Gasteiger partial charge in [0.2, 0.25) is 0 Å². The van der Waals surface area contributed by atoms with E-state index in [-0.39, 0.29) is 24.4 Å². The molecule has 4 nitrogen and oxygen atoms in total. The lowest BCUT2D eigenvalue weighted by Gasteiger charge is -2.37. The highest BCUT2D eigenvalue weighted by Gasteiger charge is 2.42. The molecule has 0 aromatic carbocycles. The third kappa shape index (κ3) is 3.13. The molecule has 1 spiro atoms. The molecule has 0 radical (unpaired) electrons. The van der Waals surface area contributed by atoms with Crippen LogP contribution in [0, 0.1) is 0 Å². The van der Waals surface area contributed by atoms with E-state index in [0.717, 1.165) is 19.6 Å². The van der Waals surface area contributed by atoms with E-state index in [1.54, 1.807) is 0 Å². The Hall–Kier alpha value is -0.160. The molecule has 3 aliphatic rings. The number of rotatable bonds is 3. The maximum absolute atomic E-state index is 9.27. The molecule has 2 heterocycles. The predicted molar refractivity (Wildman–Crippen MR) is 73.2 cm³/mol. The number of nitrogens with zero attached hydrogens (tertiary/aromatic N) is 1. The first kappa shape index (κ1) is 13.8. The zero-order chi connectivity index (χ0) is 13.3. The van der Waals surface area contributed by atoms with E-state index >= 15 is 0 Å². The van der Waals surface area contributed by atoms with Gasteiger partial charge in [0.1, 0.15) is 0 Å². The van der Waals surface area contributed by atoms with Crippen molar-refractivity contribution in [3.8, 4) is 0 Å². The molecule has 2 aliphatic heterocycles. The molecular weight excluding hydrogens is 242 g/mol. The number of hydrogen-bond donors (Lipinski definition) is 1. The molecule has 0 aromatic heterocycles. The van der Waals surface area contributed by atoms with Crippen molar-refractivity contribution in [1.82, 2.24) is 4.90 Å². The highest BCUT2D eigenvalue weighted by atomic mass is 16.5. The van der Waals surface area contributed by atoms with Gasteiger partial charge in [-0.25, -0.2) is 0 Å². The molecule has 110 valence electrons. The van der Waals surface area contributed by atoms with Crippen molar-refractivity contribution in [3.05, 3.63) is 0 Å². The number of aliphatic hydroxyl groups excluding tert-OH is 1. The molecule has 0 aromatic rings. The second kappa shape index (κ2) is 5.68. The van der Waals surface area contributed by atoms with Crippen LogP contribution >= 0.6 is 0 Å². The summed E-state index contributed by atoms with van der Waals surface area (Å²) < 4.78 is 12.1. The highest BCUT2D eigenvalue weighted by molar-refractivity contribution is 4.94. The molecule has 1 saturated carbocycles. The fourth-order valence-electron chi connectivity index (χ4n) is 4.09. The summed E-state index contributed by atoms with van der Waals surface area (Å²) in [5.41, 5.74) is 0.235. The second-order valence-electron chi connectivity index (χ2n) is 6.64. The van der Waals surface area contributed by atoms with Gasteiger partial charge in [-0.2, -0.15) is 0 Å². The van der Waals surface area contributed by atoms with Crippen LogP contribution in [0.15, 0.2) is 0 Å². The Morgan fingerprint density at radius 1 is 1.16 bits per heavy atom. The van der Waals surface area contributed by atoms with E-state index < -0.39 is 0 Å². The molecule has 3 unspecified atom stereocenters. The smallest absolute Gasteiger partial charge is 0.0936 e. The average molecular weight is 269 g/mol. The van der Waals surface area contributed by atoms with E-state index in [0.29, 0.717) is 6.10 Å². The van der Waals surface area contributed by atoms with Crippen LogP contribution in [0.2, 0.25) is 0 Å². The number of aliphatic hydroxyl groups is 1. The molecule has 1 aliphatic carbocycles. The molecule has 0 amide bonds. The monoisotopic (exact) mass is 269 g/mol. The summed E-state index contributed by atoms with van der Waals surface area (Å²) in [6.07, 6.45) is 8.25. The Morgan fingerprint density at radius 3 is 2.68 bits per heavy atom. The van der Waals surface area contributed by atoms with E-state index in [4.69, 9.17) is 9.47 Å². The van der Waals surface area contributed by atoms with Gasteiger partial charge in [0.05, 0.1) is 30.5 Å². The summed E-state index contributed by atoms with van der Waals surface area (Å²) in [6.45, 7) is 5.02. The summed E-state index contributed by atoms with van der Waals surface area (Å²) in [7, 11) is 0. The average Bonchev–Trinajstić information content (AvgIpc) is 3.00. The van der Waals surface area contributed by atoms with E-state index in [1.165, 1.54) is 38.5 Å². The van der Waals surface area contributed by atoms with Gasteiger partial charge in [0.15, 0.2) is 0 Å². The number of hydrogen-bond acceptors (Lipinski definition) is 4. The first-order valence-corrected chi connectivity index (χ1v) is 7.86. The maximum atomic E-state index is 9.27. The van der Waals surface area contributed by atoms with Gasteiger partial charge in [-0.15, -0.1) is 0 Å². The van der Waals surface area contributed by atoms with Gasteiger partial charge in [-0.3, -0.25) is 4.90 Å². The zero-order valence-corrected chi connectivity index (χ0v) is 12.0. The molecule has 2 saturated heterocycles. The molecular formula is C15H27NO3. The quantitative estimate of drug-likeness (QED) is 0.844. The predicted octanol–water partition coefficient (Wildman–Crippen LogP) is 1.56. The van der Waals surface area contributed by atoms with Gasteiger partial charge in [0.25, 0.3) is 0 Å². The lowest BCUT2D eigenvalue weighted by atomic mass is 9.98. The SMILES string of the molecule is CC1CN(CC2CCC3(CCCC3)O2)CC(CO)O1. The van der Waals surface area contributed by atoms with Crippen LogP contribution in [0.5, 0.6) is 0 Å². The lowest BCUT2D eigenvalue weighted by molar-refractivity contribution is -0.111. The van der Waals surface area contributed by atoms with Crippen LogP contribution in [-0.2, 0) is 9.47 Å². The van der Waals surface area contributed by atoms with Crippen LogP contribution in [0.1, 0.15) is 45.4 Å². The Morgan fingerprint density at radius 2 is 1.95 bits per heavy atom. The van der Waals surface area contributed by atoms with Crippen molar-refractivity contribution >= 4 is 0 Å². The van der Waals surface area contributed by atoms with E-state index in [1.807, 2.05) is 0 Å². The lowest BCUT2D eigenvalue weighted by Crippen LogP contribution is -2.50. The topological polar surface area (TPSA) is 41.9 Å². The van der Waals surface area contributed by atoms with Crippen molar-refractivity contribution in [3.63, 3.8) is 0 Å². The fraction of sp³-hybridized carbons (Fsp3) is 1.00. The number of ether oxygens (including phenoxy) is 2. The van der Waals surface area contributed by atoms with Crippen molar-refractivity contribution < 1.29 is 14.6 Å². The Balaban J connectivity index is 1.51. The van der Waals surface area contributed by atoms with Crippen LogP contribution in [0.3, 0.4) is 0 Å². The Bertz CT molecular complexity index is 304. The Labute approximate surface area is 116 Å². The second-order valence-corrected chi connectivity index (χ2v) is 6.64. The first-order chi connectivity index (χ1) is 9.19. The Kier molecular flexibility index (Phi) is 4.13. The van der Waals surface area contributed by atoms with Gasteiger partial charge < -0.3 is 14.6 Å². The minimum Gasteiger partial charge on any atom is -0.394 e. The molecule has 3 rings (SSSR count). The largest absolute Gasteiger partial charge is 0.394 e. The number of morpholine rings is 1. The van der Waals surface area contributed by atoms with Crippen LogP contribution in [0.4, 0.5) is 0 Å². The van der Waals surface area contributed by atoms with Crippen molar-refractivity contribution in [1.29, 1.82) is 0 Å². The third-order valence-electron chi connectivity index (χ3n) is 4.92. The fourth-order valence-corrected chi connectivity index (χ4v) is 4.09. The van der Waals surface area contributed by atoms with Gasteiger partial charge >= 0.3 is 0 Å². The third-order valence-corrected chi connectivity index (χ3v) is 4.92. The molecule has 0 bridgehead atoms. The van der Waals surface area contributed by atoms with Crippen molar-refractivity contribution in [2.24, 2.45) is 0 Å². The summed E-state index contributed by atoms with van der Waals surface area (Å²) >= 11 is 0. The minimum atomic E-state index is -0.0226. The molecule has 4 heteroatoms. The maximum Gasteiger partial charge on any atom is 0.0936 e.